The lowest BCUT2D eigenvalue weighted by Gasteiger charge is -2.06. The largest absolute Gasteiger partial charge is 0.504 e. The van der Waals surface area contributed by atoms with Crippen LogP contribution < -0.4 is 10.2 Å². The summed E-state index contributed by atoms with van der Waals surface area (Å²) in [7, 11) is 1.21. The molecule has 1 amide bonds. The number of ether oxygens (including phenoxy) is 1. The van der Waals surface area contributed by atoms with Gasteiger partial charge in [0.25, 0.3) is 5.91 Å². The topological polar surface area (TPSA) is 114 Å². The predicted octanol–water partition coefficient (Wildman–Crippen LogP) is 2.84. The van der Waals surface area contributed by atoms with Gasteiger partial charge in [-0.25, -0.2) is 5.43 Å². The van der Waals surface area contributed by atoms with Gasteiger partial charge in [0.2, 0.25) is 5.75 Å². The third kappa shape index (κ3) is 3.87. The molecule has 0 aliphatic carbocycles. The quantitative estimate of drug-likeness (QED) is 0.460. The highest BCUT2D eigenvalue weighted by Gasteiger charge is 2.23. The number of hydrogen-bond acceptors (Lipinski definition) is 6. The number of benzene rings is 2. The Morgan fingerprint density at radius 2 is 2.00 bits per heavy atom. The molecule has 9 heteroatoms. The minimum absolute atomic E-state index is 0.0748. The molecule has 2 aromatic rings. The van der Waals surface area contributed by atoms with Crippen LogP contribution >= 0.6 is 15.9 Å². The van der Waals surface area contributed by atoms with Crippen molar-refractivity contribution in [1.82, 2.24) is 5.43 Å². The van der Waals surface area contributed by atoms with Gasteiger partial charge in [0, 0.05) is 10.0 Å². The Morgan fingerprint density at radius 3 is 2.58 bits per heavy atom. The highest BCUT2D eigenvalue weighted by molar-refractivity contribution is 9.10. The summed E-state index contributed by atoms with van der Waals surface area (Å²) in [6, 6.07) is 9.14. The molecule has 0 aromatic heterocycles. The molecule has 24 heavy (non-hydrogen) atoms. The van der Waals surface area contributed by atoms with Crippen molar-refractivity contribution in [3.05, 3.63) is 62.1 Å². The van der Waals surface area contributed by atoms with E-state index in [1.807, 2.05) is 0 Å². The third-order valence-electron chi connectivity index (χ3n) is 3.00. The zero-order valence-corrected chi connectivity index (χ0v) is 14.0. The molecule has 0 heterocycles. The van der Waals surface area contributed by atoms with Gasteiger partial charge in [-0.15, -0.1) is 0 Å². The lowest BCUT2D eigenvalue weighted by atomic mass is 10.1. The number of halogens is 1. The van der Waals surface area contributed by atoms with Gasteiger partial charge >= 0.3 is 5.69 Å². The van der Waals surface area contributed by atoms with E-state index in [2.05, 4.69) is 26.5 Å². The van der Waals surface area contributed by atoms with Crippen LogP contribution in [0.5, 0.6) is 11.5 Å². The van der Waals surface area contributed by atoms with Crippen LogP contribution in [0.2, 0.25) is 0 Å². The molecule has 2 aromatic carbocycles. The van der Waals surface area contributed by atoms with E-state index in [0.29, 0.717) is 5.56 Å². The minimum Gasteiger partial charge on any atom is -0.504 e. The van der Waals surface area contributed by atoms with Crippen LogP contribution in [0.3, 0.4) is 0 Å². The first-order valence-electron chi connectivity index (χ1n) is 6.57. The summed E-state index contributed by atoms with van der Waals surface area (Å²) in [5.41, 5.74) is 2.29. The van der Waals surface area contributed by atoms with E-state index in [-0.39, 0.29) is 17.1 Å². The highest BCUT2D eigenvalue weighted by Crippen LogP contribution is 2.37. The van der Waals surface area contributed by atoms with Crippen LogP contribution in [-0.2, 0) is 0 Å². The molecule has 8 nitrogen and oxygen atoms in total. The molecule has 2 N–H and O–H groups in total. The van der Waals surface area contributed by atoms with E-state index in [9.17, 15) is 20.0 Å². The lowest BCUT2D eigenvalue weighted by molar-refractivity contribution is -0.386. The van der Waals surface area contributed by atoms with Crippen molar-refractivity contribution in [3.63, 3.8) is 0 Å². The van der Waals surface area contributed by atoms with Gasteiger partial charge in [0.15, 0.2) is 5.75 Å². The number of nitro groups is 1. The average Bonchev–Trinajstić information content (AvgIpc) is 2.56. The monoisotopic (exact) mass is 393 g/mol. The van der Waals surface area contributed by atoms with Gasteiger partial charge in [0.05, 0.1) is 23.8 Å². The Labute approximate surface area is 145 Å². The van der Waals surface area contributed by atoms with Gasteiger partial charge < -0.3 is 9.84 Å². The van der Waals surface area contributed by atoms with E-state index in [1.165, 1.54) is 19.2 Å². The number of phenols is 1. The molecule has 0 bridgehead atoms. The number of methoxy groups -OCH3 is 1. The number of nitrogens with zero attached hydrogens (tertiary/aromatic N) is 2. The van der Waals surface area contributed by atoms with Crippen molar-refractivity contribution in [2.45, 2.75) is 0 Å². The summed E-state index contributed by atoms with van der Waals surface area (Å²) < 4.78 is 5.67. The van der Waals surface area contributed by atoms with E-state index >= 15 is 0 Å². The van der Waals surface area contributed by atoms with Crippen LogP contribution in [0.1, 0.15) is 15.9 Å². The maximum Gasteiger partial charge on any atom is 0.323 e. The summed E-state index contributed by atoms with van der Waals surface area (Å²) >= 11 is 3.26. The molecule has 0 atom stereocenters. The van der Waals surface area contributed by atoms with Crippen LogP contribution in [-0.4, -0.2) is 29.3 Å². The average molecular weight is 394 g/mol. The number of amides is 1. The van der Waals surface area contributed by atoms with Crippen LogP contribution in [0.25, 0.3) is 0 Å². The van der Waals surface area contributed by atoms with Gasteiger partial charge in [-0.3, -0.25) is 14.9 Å². The summed E-state index contributed by atoms with van der Waals surface area (Å²) in [5.74, 6) is -1.10. The fraction of sp³-hybridized carbons (Fsp3) is 0.0667. The third-order valence-corrected chi connectivity index (χ3v) is 3.53. The second-order valence-electron chi connectivity index (χ2n) is 4.52. The van der Waals surface area contributed by atoms with Gasteiger partial charge in [-0.2, -0.15) is 5.10 Å². The van der Waals surface area contributed by atoms with Crippen molar-refractivity contribution in [1.29, 1.82) is 0 Å². The molecule has 0 unspecified atom stereocenters. The first kappa shape index (κ1) is 17.4. The van der Waals surface area contributed by atoms with Crippen LogP contribution in [0, 0.1) is 10.1 Å². The maximum absolute atomic E-state index is 11.9. The molecule has 0 spiro atoms. The molecule has 0 aliphatic heterocycles. The van der Waals surface area contributed by atoms with Crippen molar-refractivity contribution in [2.75, 3.05) is 7.11 Å². The SMILES string of the molecule is COc1c(O)ccc(/C=N/NC(=O)c2ccc(Br)cc2)c1[N+](=O)[O-]. The van der Waals surface area contributed by atoms with E-state index in [1.54, 1.807) is 24.3 Å². The Bertz CT molecular complexity index is 806. The van der Waals surface area contributed by atoms with Crippen LogP contribution in [0.4, 0.5) is 5.69 Å². The number of nitrogens with one attached hydrogen (secondary N) is 1. The number of hydrogen-bond donors (Lipinski definition) is 2. The molecule has 0 radical (unpaired) electrons. The normalized spacial score (nSPS) is 10.6. The summed E-state index contributed by atoms with van der Waals surface area (Å²) in [5, 5.41) is 24.5. The molecule has 0 fully saturated rings. The fourth-order valence-electron chi connectivity index (χ4n) is 1.90. The number of carbonyl (C=O) groups is 1. The smallest absolute Gasteiger partial charge is 0.323 e. The first-order chi connectivity index (χ1) is 11.4. The zero-order valence-electron chi connectivity index (χ0n) is 12.4. The number of carbonyl (C=O) groups excluding carboxylic acids is 1. The Balaban J connectivity index is 2.21. The molecule has 124 valence electrons. The first-order valence-corrected chi connectivity index (χ1v) is 7.36. The van der Waals surface area contributed by atoms with Crippen molar-refractivity contribution in [2.24, 2.45) is 5.10 Å². The van der Waals surface area contributed by atoms with Crippen LogP contribution in [0.15, 0.2) is 46.0 Å². The molecule has 0 saturated heterocycles. The molecular formula is C15H12BrN3O5. The Kier molecular flexibility index (Phi) is 5.48. The van der Waals surface area contributed by atoms with Gasteiger partial charge in [-0.1, -0.05) is 15.9 Å². The summed E-state index contributed by atoms with van der Waals surface area (Å²) in [4.78, 5) is 22.4. The highest BCUT2D eigenvalue weighted by atomic mass is 79.9. The predicted molar refractivity (Wildman–Crippen MR) is 90.5 cm³/mol. The number of aromatic hydroxyl groups is 1. The number of rotatable bonds is 5. The zero-order chi connectivity index (χ0) is 17.7. The molecular weight excluding hydrogens is 382 g/mol. The van der Waals surface area contributed by atoms with E-state index < -0.39 is 16.5 Å². The lowest BCUT2D eigenvalue weighted by Crippen LogP contribution is -2.17. The molecule has 2 rings (SSSR count). The van der Waals surface area contributed by atoms with Gasteiger partial charge in [-0.05, 0) is 36.4 Å². The molecule has 0 saturated carbocycles. The minimum atomic E-state index is -0.698. The van der Waals surface area contributed by atoms with Crippen molar-refractivity contribution in [3.8, 4) is 11.5 Å². The summed E-state index contributed by atoms with van der Waals surface area (Å²) in [6.07, 6.45) is 1.11. The number of nitro benzene ring substituents is 1. The second kappa shape index (κ2) is 7.55. The van der Waals surface area contributed by atoms with Crippen molar-refractivity contribution < 1.29 is 19.6 Å². The fourth-order valence-corrected chi connectivity index (χ4v) is 2.16. The van der Waals surface area contributed by atoms with Crippen molar-refractivity contribution >= 4 is 33.7 Å². The maximum atomic E-state index is 11.9. The number of phenolic OH excluding ortho intramolecular Hbond substituents is 1. The van der Waals surface area contributed by atoms with E-state index in [4.69, 9.17) is 4.74 Å². The summed E-state index contributed by atoms with van der Waals surface area (Å²) in [6.45, 7) is 0. The standard InChI is InChI=1S/C15H12BrN3O5/c1-24-14-12(20)7-4-10(13(14)19(22)23)8-17-18-15(21)9-2-5-11(16)6-3-9/h2-8,20H,1H3,(H,18,21)/b17-8+. The van der Waals surface area contributed by atoms with Gasteiger partial charge in [0.1, 0.15) is 0 Å². The number of hydrazone groups is 1. The Morgan fingerprint density at radius 1 is 1.33 bits per heavy atom. The molecule has 0 aliphatic rings. The Hall–Kier alpha value is -2.94. The van der Waals surface area contributed by atoms with E-state index in [0.717, 1.165) is 10.7 Å². The second-order valence-corrected chi connectivity index (χ2v) is 5.43.